The standard InChI is InChI=1S/C13H9F3N4O/c1-19-12(9(7-21)10(18-19)13(14,15)16)20-6-4-8-3-2-5-17-11(8)20/h2-7H,1H3. The quantitative estimate of drug-likeness (QED) is 0.683. The van der Waals surface area contributed by atoms with Crippen LogP contribution in [0, 0.1) is 0 Å². The molecule has 0 N–H and O–H groups in total. The Morgan fingerprint density at radius 2 is 2.05 bits per heavy atom. The van der Waals surface area contributed by atoms with Gasteiger partial charge in [0, 0.05) is 24.8 Å². The number of hydrogen-bond donors (Lipinski definition) is 0. The fourth-order valence-corrected chi connectivity index (χ4v) is 2.27. The van der Waals surface area contributed by atoms with Gasteiger partial charge in [-0.25, -0.2) is 4.98 Å². The molecule has 0 atom stereocenters. The average Bonchev–Trinajstić information content (AvgIpc) is 2.98. The fraction of sp³-hybridized carbons (Fsp3) is 0.154. The summed E-state index contributed by atoms with van der Waals surface area (Å²) < 4.78 is 41.2. The second-order valence-electron chi connectivity index (χ2n) is 4.43. The van der Waals surface area contributed by atoms with E-state index in [4.69, 9.17) is 0 Å². The molecule has 108 valence electrons. The molecular weight excluding hydrogens is 285 g/mol. The maximum atomic E-state index is 12.9. The smallest absolute Gasteiger partial charge is 0.298 e. The number of nitrogens with zero attached hydrogens (tertiary/aromatic N) is 4. The Bertz CT molecular complexity index is 832. The van der Waals surface area contributed by atoms with Crippen LogP contribution in [0.25, 0.3) is 16.9 Å². The molecule has 0 aliphatic rings. The van der Waals surface area contributed by atoms with E-state index in [-0.39, 0.29) is 12.1 Å². The van der Waals surface area contributed by atoms with Crippen molar-refractivity contribution in [2.24, 2.45) is 7.05 Å². The van der Waals surface area contributed by atoms with Crippen LogP contribution < -0.4 is 0 Å². The van der Waals surface area contributed by atoms with Gasteiger partial charge in [-0.1, -0.05) is 0 Å². The van der Waals surface area contributed by atoms with Gasteiger partial charge in [-0.3, -0.25) is 14.0 Å². The first kappa shape index (κ1) is 13.3. The van der Waals surface area contributed by atoms with Gasteiger partial charge in [-0.2, -0.15) is 18.3 Å². The van der Waals surface area contributed by atoms with E-state index < -0.39 is 17.4 Å². The normalized spacial score (nSPS) is 12.0. The Morgan fingerprint density at radius 1 is 1.29 bits per heavy atom. The third-order valence-electron chi connectivity index (χ3n) is 3.12. The highest BCUT2D eigenvalue weighted by Crippen LogP contribution is 2.33. The molecule has 0 aliphatic carbocycles. The summed E-state index contributed by atoms with van der Waals surface area (Å²) in [5.74, 6) is 0.0334. The van der Waals surface area contributed by atoms with Gasteiger partial charge in [-0.15, -0.1) is 0 Å². The van der Waals surface area contributed by atoms with E-state index in [0.717, 1.165) is 10.1 Å². The second kappa shape index (κ2) is 4.44. The van der Waals surface area contributed by atoms with Crippen molar-refractivity contribution in [1.82, 2.24) is 19.3 Å². The van der Waals surface area contributed by atoms with Crippen molar-refractivity contribution in [3.63, 3.8) is 0 Å². The van der Waals surface area contributed by atoms with Crippen molar-refractivity contribution >= 4 is 17.3 Å². The number of fused-ring (bicyclic) bond motifs is 1. The lowest BCUT2D eigenvalue weighted by Gasteiger charge is -2.06. The van der Waals surface area contributed by atoms with E-state index in [2.05, 4.69) is 10.1 Å². The molecule has 0 amide bonds. The number of aromatic nitrogens is 4. The van der Waals surface area contributed by atoms with Crippen molar-refractivity contribution in [1.29, 1.82) is 0 Å². The Morgan fingerprint density at radius 3 is 2.71 bits per heavy atom. The molecule has 3 rings (SSSR count). The lowest BCUT2D eigenvalue weighted by atomic mass is 10.2. The molecule has 8 heteroatoms. The molecular formula is C13H9F3N4O. The summed E-state index contributed by atoms with van der Waals surface area (Å²) in [6.45, 7) is 0. The minimum absolute atomic E-state index is 0.0334. The number of alkyl halides is 3. The molecule has 0 fully saturated rings. The van der Waals surface area contributed by atoms with Crippen molar-refractivity contribution < 1.29 is 18.0 Å². The SMILES string of the molecule is Cn1nc(C(F)(F)F)c(C=O)c1-n1ccc2cccnc21. The first-order chi connectivity index (χ1) is 9.93. The summed E-state index contributed by atoms with van der Waals surface area (Å²) >= 11 is 0. The third kappa shape index (κ3) is 1.99. The van der Waals surface area contributed by atoms with E-state index in [1.54, 1.807) is 24.4 Å². The van der Waals surface area contributed by atoms with Gasteiger partial charge < -0.3 is 0 Å². The number of rotatable bonds is 2. The topological polar surface area (TPSA) is 52.7 Å². The third-order valence-corrected chi connectivity index (χ3v) is 3.12. The number of hydrogen-bond acceptors (Lipinski definition) is 3. The number of carbonyl (C=O) groups excluding carboxylic acids is 1. The van der Waals surface area contributed by atoms with Crippen LogP contribution >= 0.6 is 0 Å². The molecule has 3 aromatic rings. The lowest BCUT2D eigenvalue weighted by Crippen LogP contribution is -2.09. The van der Waals surface area contributed by atoms with Crippen molar-refractivity contribution in [3.8, 4) is 5.82 Å². The summed E-state index contributed by atoms with van der Waals surface area (Å²) in [4.78, 5) is 15.3. The highest BCUT2D eigenvalue weighted by Gasteiger charge is 2.39. The fourth-order valence-electron chi connectivity index (χ4n) is 2.27. The van der Waals surface area contributed by atoms with Crippen LogP contribution in [0.4, 0.5) is 13.2 Å². The molecule has 3 heterocycles. The lowest BCUT2D eigenvalue weighted by molar-refractivity contribution is -0.141. The van der Waals surface area contributed by atoms with Gasteiger partial charge >= 0.3 is 6.18 Å². The minimum Gasteiger partial charge on any atom is -0.298 e. The number of pyridine rings is 1. The monoisotopic (exact) mass is 294 g/mol. The van der Waals surface area contributed by atoms with Gasteiger partial charge in [0.2, 0.25) is 0 Å². The van der Waals surface area contributed by atoms with Crippen LogP contribution in [0.1, 0.15) is 16.1 Å². The number of aldehydes is 1. The van der Waals surface area contributed by atoms with Crippen LogP contribution in [-0.2, 0) is 13.2 Å². The van der Waals surface area contributed by atoms with Gasteiger partial charge in [0.25, 0.3) is 0 Å². The summed E-state index contributed by atoms with van der Waals surface area (Å²) in [6.07, 6.45) is -1.44. The van der Waals surface area contributed by atoms with Crippen LogP contribution in [0.2, 0.25) is 0 Å². The molecule has 0 unspecified atom stereocenters. The first-order valence-electron chi connectivity index (χ1n) is 5.95. The molecule has 0 saturated carbocycles. The first-order valence-corrected chi connectivity index (χ1v) is 5.95. The number of halogens is 3. The zero-order valence-corrected chi connectivity index (χ0v) is 10.8. The average molecular weight is 294 g/mol. The molecule has 0 spiro atoms. The maximum Gasteiger partial charge on any atom is 0.435 e. The Kier molecular flexibility index (Phi) is 2.82. The van der Waals surface area contributed by atoms with E-state index in [0.29, 0.717) is 5.65 Å². The van der Waals surface area contributed by atoms with Crippen molar-refractivity contribution in [2.45, 2.75) is 6.18 Å². The minimum atomic E-state index is -4.69. The molecule has 0 bridgehead atoms. The Balaban J connectivity index is 2.33. The molecule has 5 nitrogen and oxygen atoms in total. The maximum absolute atomic E-state index is 12.9. The van der Waals surface area contributed by atoms with Crippen molar-refractivity contribution in [3.05, 3.63) is 41.9 Å². The molecule has 0 aliphatic heterocycles. The molecule has 0 aromatic carbocycles. The molecule has 3 aromatic heterocycles. The zero-order chi connectivity index (χ0) is 15.2. The van der Waals surface area contributed by atoms with E-state index in [1.165, 1.54) is 17.8 Å². The second-order valence-corrected chi connectivity index (χ2v) is 4.43. The number of aryl methyl sites for hydroxylation is 1. The van der Waals surface area contributed by atoms with Gasteiger partial charge in [0.1, 0.15) is 11.5 Å². The van der Waals surface area contributed by atoms with Crippen LogP contribution in [0.3, 0.4) is 0 Å². The van der Waals surface area contributed by atoms with Crippen molar-refractivity contribution in [2.75, 3.05) is 0 Å². The predicted octanol–water partition coefficient (Wildman–Crippen LogP) is 2.59. The van der Waals surface area contributed by atoms with Crippen LogP contribution in [0.5, 0.6) is 0 Å². The Hall–Kier alpha value is -2.64. The molecule has 0 saturated heterocycles. The van der Waals surface area contributed by atoms with Gasteiger partial charge in [0.15, 0.2) is 12.0 Å². The van der Waals surface area contributed by atoms with E-state index >= 15 is 0 Å². The summed E-state index contributed by atoms with van der Waals surface area (Å²) in [7, 11) is 1.35. The molecule has 21 heavy (non-hydrogen) atoms. The predicted molar refractivity (Wildman–Crippen MR) is 68.2 cm³/mol. The highest BCUT2D eigenvalue weighted by atomic mass is 19.4. The highest BCUT2D eigenvalue weighted by molar-refractivity contribution is 5.85. The molecule has 0 radical (unpaired) electrons. The van der Waals surface area contributed by atoms with Crippen LogP contribution in [-0.4, -0.2) is 25.6 Å². The Labute approximate surface area is 116 Å². The van der Waals surface area contributed by atoms with Gasteiger partial charge in [-0.05, 0) is 18.2 Å². The van der Waals surface area contributed by atoms with E-state index in [9.17, 15) is 18.0 Å². The summed E-state index contributed by atoms with van der Waals surface area (Å²) in [6, 6.07) is 5.20. The largest absolute Gasteiger partial charge is 0.435 e. The zero-order valence-electron chi connectivity index (χ0n) is 10.8. The summed E-state index contributed by atoms with van der Waals surface area (Å²) in [5, 5.41) is 4.18. The number of carbonyl (C=O) groups is 1. The van der Waals surface area contributed by atoms with E-state index in [1.807, 2.05) is 0 Å². The van der Waals surface area contributed by atoms with Gasteiger partial charge in [0.05, 0.1) is 5.56 Å². The summed E-state index contributed by atoms with van der Waals surface area (Å²) in [5.41, 5.74) is -1.25. The van der Waals surface area contributed by atoms with Crippen LogP contribution in [0.15, 0.2) is 30.6 Å².